The zero-order chi connectivity index (χ0) is 11.4. The summed E-state index contributed by atoms with van der Waals surface area (Å²) in [5.74, 6) is 0. The lowest BCUT2D eigenvalue weighted by Gasteiger charge is -2.31. The summed E-state index contributed by atoms with van der Waals surface area (Å²) in [6.45, 7) is 11.3. The van der Waals surface area contributed by atoms with Crippen molar-refractivity contribution in [2.24, 2.45) is 5.29 Å². The maximum atomic E-state index is 10.3. The zero-order valence-corrected chi connectivity index (χ0v) is 9.56. The van der Waals surface area contributed by atoms with E-state index >= 15 is 0 Å². The van der Waals surface area contributed by atoms with Gasteiger partial charge in [0.2, 0.25) is 0 Å². The number of hydrogen-bond donors (Lipinski definition) is 1. The molecule has 0 aliphatic heterocycles. The van der Waals surface area contributed by atoms with Gasteiger partial charge in [0.05, 0.1) is 18.4 Å². The highest BCUT2D eigenvalue weighted by molar-refractivity contribution is 4.46. The second-order valence-electron chi connectivity index (χ2n) is 2.58. The largest absolute Gasteiger partial charge is 0.724 e. The van der Waals surface area contributed by atoms with E-state index in [9.17, 15) is 10.1 Å². The number of nitrogens with two attached hydrogens (primary N) is 1. The van der Waals surface area contributed by atoms with E-state index in [4.69, 9.17) is 0 Å². The summed E-state index contributed by atoms with van der Waals surface area (Å²) in [7, 11) is 0. The van der Waals surface area contributed by atoms with E-state index in [1.54, 1.807) is 13.8 Å². The molecule has 0 unspecified atom stereocenters. The molecule has 2 N–H and O–H groups in total. The molecule has 0 fully saturated rings. The quantitative estimate of drug-likeness (QED) is 0.501. The van der Waals surface area contributed by atoms with E-state index in [1.807, 2.05) is 0 Å². The Morgan fingerprint density at radius 1 is 1.14 bits per heavy atom. The van der Waals surface area contributed by atoms with E-state index < -0.39 is 0 Å². The Kier molecular flexibility index (Phi) is 13.8. The maximum absolute atomic E-state index is 10.3. The first kappa shape index (κ1) is 15.7. The van der Waals surface area contributed by atoms with Crippen LogP contribution in [0.25, 0.3) is 0 Å². The lowest BCUT2D eigenvalue weighted by Crippen LogP contribution is -2.82. The first-order valence-corrected chi connectivity index (χ1v) is 5.04. The number of quaternary nitrogens is 1. The van der Waals surface area contributed by atoms with Crippen molar-refractivity contribution < 1.29 is 5.32 Å². The molecule has 0 amide bonds. The van der Waals surface area contributed by atoms with Crippen molar-refractivity contribution in [2.45, 2.75) is 27.7 Å². The number of nitrogens with zero attached hydrogens (tertiary/aromatic N) is 3. The van der Waals surface area contributed by atoms with Gasteiger partial charge in [0.15, 0.2) is 0 Å². The van der Waals surface area contributed by atoms with Crippen molar-refractivity contribution in [3.8, 4) is 0 Å². The van der Waals surface area contributed by atoms with Crippen LogP contribution < -0.4 is 5.32 Å². The second-order valence-corrected chi connectivity index (χ2v) is 2.58. The van der Waals surface area contributed by atoms with Crippen LogP contribution in [-0.2, 0) is 0 Å². The van der Waals surface area contributed by atoms with E-state index in [0.29, 0.717) is 13.1 Å². The molecule has 0 aromatic carbocycles. The van der Waals surface area contributed by atoms with Gasteiger partial charge in [0, 0.05) is 13.1 Å². The summed E-state index contributed by atoms with van der Waals surface area (Å²) in [5, 5.41) is 16.1. The second kappa shape index (κ2) is 12.3. The molecule has 6 nitrogen and oxygen atoms in total. The van der Waals surface area contributed by atoms with Crippen LogP contribution in [0.1, 0.15) is 27.7 Å². The highest BCUT2D eigenvalue weighted by Gasteiger charge is 1.97. The van der Waals surface area contributed by atoms with Gasteiger partial charge >= 0.3 is 0 Å². The first-order chi connectivity index (χ1) is 6.67. The minimum absolute atomic E-state index is 0.0556. The fourth-order valence-corrected chi connectivity index (χ4v) is 0.806. The minimum atomic E-state index is 0.0556. The van der Waals surface area contributed by atoms with Gasteiger partial charge in [-0.3, -0.25) is 5.28 Å². The van der Waals surface area contributed by atoms with Crippen LogP contribution in [0, 0.1) is 10.1 Å². The van der Waals surface area contributed by atoms with Gasteiger partial charge in [-0.25, -0.2) is 5.01 Å². The predicted octanol–water partition coefficient (Wildman–Crippen LogP) is 0.314. The van der Waals surface area contributed by atoms with Crippen molar-refractivity contribution in [1.29, 1.82) is 0 Å². The fourth-order valence-electron chi connectivity index (χ4n) is 0.806. The van der Waals surface area contributed by atoms with Gasteiger partial charge in [-0.1, -0.05) is 13.8 Å². The zero-order valence-electron chi connectivity index (χ0n) is 9.56. The van der Waals surface area contributed by atoms with Crippen LogP contribution in [0.4, 0.5) is 0 Å². The van der Waals surface area contributed by atoms with E-state index in [1.165, 1.54) is 18.1 Å². The Morgan fingerprint density at radius 2 is 1.57 bits per heavy atom. The molecule has 86 valence electrons. The normalized spacial score (nSPS) is 9.29. The fraction of sp³-hybridized carbons (Fsp3) is 1.00. The number of rotatable bonds is 6. The summed E-state index contributed by atoms with van der Waals surface area (Å²) in [4.78, 5) is 9.59. The molecule has 6 heteroatoms. The molecule has 0 heterocycles. The van der Waals surface area contributed by atoms with Crippen LogP contribution in [0.5, 0.6) is 0 Å². The van der Waals surface area contributed by atoms with Crippen LogP contribution >= 0.6 is 0 Å². The molecule has 14 heavy (non-hydrogen) atoms. The Labute approximate surface area is 85.8 Å². The molecule has 0 spiro atoms. The summed E-state index contributed by atoms with van der Waals surface area (Å²) in [6, 6.07) is 0. The van der Waals surface area contributed by atoms with Gasteiger partial charge in [-0.15, -0.1) is 4.91 Å². The van der Waals surface area contributed by atoms with Crippen LogP contribution in [0.3, 0.4) is 0 Å². The number of hydrazine groups is 1. The van der Waals surface area contributed by atoms with Gasteiger partial charge in [-0.2, -0.15) is 0 Å². The molecule has 0 rings (SSSR count). The van der Waals surface area contributed by atoms with E-state index in [0.717, 1.165) is 0 Å². The third-order valence-electron chi connectivity index (χ3n) is 1.62. The summed E-state index contributed by atoms with van der Waals surface area (Å²) < 4.78 is 0. The summed E-state index contributed by atoms with van der Waals surface area (Å²) >= 11 is 0. The highest BCUT2D eigenvalue weighted by atomic mass is 16.6. The third-order valence-corrected chi connectivity index (χ3v) is 1.62. The minimum Gasteiger partial charge on any atom is -0.724 e. The van der Waals surface area contributed by atoms with Crippen molar-refractivity contribution in [3.05, 3.63) is 10.1 Å². The van der Waals surface area contributed by atoms with Gasteiger partial charge in [0.1, 0.15) is 0 Å². The lowest BCUT2D eigenvalue weighted by molar-refractivity contribution is -0.648. The lowest BCUT2D eigenvalue weighted by atomic mass is 10.6. The monoisotopic (exact) mass is 206 g/mol. The average molecular weight is 206 g/mol. The smallest absolute Gasteiger partial charge is 0.0726 e. The Morgan fingerprint density at radius 3 is 1.64 bits per heavy atom. The number of nitroso groups, excluding NO2 is 1. The van der Waals surface area contributed by atoms with Gasteiger partial charge < -0.3 is 10.5 Å². The van der Waals surface area contributed by atoms with E-state index in [2.05, 4.69) is 24.5 Å². The number of hydrogen-bond acceptors (Lipinski definition) is 4. The molecule has 0 aliphatic rings. The molecule has 0 aromatic heterocycles. The molecule has 0 aromatic rings. The molecule has 0 saturated carbocycles. The van der Waals surface area contributed by atoms with Crippen molar-refractivity contribution >= 4 is 0 Å². The molecule has 0 aliphatic carbocycles. The van der Waals surface area contributed by atoms with Crippen molar-refractivity contribution in [2.75, 3.05) is 26.2 Å². The molecule has 0 radical (unpaired) electrons. The highest BCUT2D eigenvalue weighted by Crippen LogP contribution is 1.93. The summed E-state index contributed by atoms with van der Waals surface area (Å²) in [5.41, 5.74) is 0. The Balaban J connectivity index is 0. The van der Waals surface area contributed by atoms with E-state index in [-0.39, 0.29) is 5.28 Å². The molecular weight excluding hydrogens is 184 g/mol. The SMILES string of the molecule is CCN(CC)N([O-])N=O.CC[NH2+]CC. The Bertz CT molecular complexity index is 118. The van der Waals surface area contributed by atoms with Gasteiger partial charge in [-0.05, 0) is 13.8 Å². The van der Waals surface area contributed by atoms with Crippen molar-refractivity contribution in [3.63, 3.8) is 0 Å². The van der Waals surface area contributed by atoms with Crippen LogP contribution in [0.2, 0.25) is 0 Å². The first-order valence-electron chi connectivity index (χ1n) is 5.04. The molecular formula is C8H22N4O2. The average Bonchev–Trinajstić information content (AvgIpc) is 2.21. The van der Waals surface area contributed by atoms with Crippen LogP contribution in [0.15, 0.2) is 5.29 Å². The predicted molar refractivity (Wildman–Crippen MR) is 56.9 cm³/mol. The van der Waals surface area contributed by atoms with Gasteiger partial charge in [0.25, 0.3) is 0 Å². The van der Waals surface area contributed by atoms with Crippen LogP contribution in [-0.4, -0.2) is 36.5 Å². The molecule has 0 saturated heterocycles. The molecule has 0 atom stereocenters. The molecule has 0 bridgehead atoms. The maximum Gasteiger partial charge on any atom is 0.0726 e. The standard InChI is InChI=1S/C4H10N3O2.C4H11N/c1-3-6(4-2)7(9)5-8;1-3-5-4-2/h3-4H2,1-2H3;5H,3-4H2,1-2H3/q-1;/p+1. The topological polar surface area (TPSA) is 75.6 Å². The third kappa shape index (κ3) is 9.37. The Hall–Kier alpha value is -0.720. The summed E-state index contributed by atoms with van der Waals surface area (Å²) in [6.07, 6.45) is 0. The van der Waals surface area contributed by atoms with Crippen molar-refractivity contribution in [1.82, 2.24) is 10.3 Å².